The normalized spacial score (nSPS) is 12.0. The summed E-state index contributed by atoms with van der Waals surface area (Å²) in [5.41, 5.74) is 1.84. The van der Waals surface area contributed by atoms with E-state index < -0.39 is 29.5 Å². The zero-order chi connectivity index (χ0) is 18.8. The lowest BCUT2D eigenvalue weighted by Crippen LogP contribution is -2.39. The van der Waals surface area contributed by atoms with Crippen LogP contribution in [0.1, 0.15) is 27.7 Å². The van der Waals surface area contributed by atoms with E-state index in [9.17, 15) is 18.4 Å². The summed E-state index contributed by atoms with van der Waals surface area (Å²) in [5, 5.41) is 12.3. The summed E-state index contributed by atoms with van der Waals surface area (Å²) in [6, 6.07) is 7.28. The molecule has 0 aliphatic heterocycles. The van der Waals surface area contributed by atoms with E-state index in [1.54, 1.807) is 12.1 Å². The second-order valence-electron chi connectivity index (χ2n) is 5.82. The van der Waals surface area contributed by atoms with Crippen LogP contribution in [0, 0.1) is 18.6 Å². The van der Waals surface area contributed by atoms with E-state index in [2.05, 4.69) is 20.8 Å². The Balaban J connectivity index is 1.95. The van der Waals surface area contributed by atoms with Gasteiger partial charge in [-0.05, 0) is 36.8 Å². The number of hydrogen-bond donors (Lipinski definition) is 3. The molecule has 2 amide bonds. The van der Waals surface area contributed by atoms with E-state index in [0.717, 1.165) is 17.7 Å². The Labute approximate surface area is 147 Å². The summed E-state index contributed by atoms with van der Waals surface area (Å²) in [6.07, 6.45) is 0. The Morgan fingerprint density at radius 1 is 1.12 bits per heavy atom. The lowest BCUT2D eigenvalue weighted by atomic mass is 10.0. The van der Waals surface area contributed by atoms with Crippen LogP contribution in [0.5, 0.6) is 0 Å². The van der Waals surface area contributed by atoms with Gasteiger partial charge in [0.15, 0.2) is 17.3 Å². The molecular formula is C18H16F2N4O2. The van der Waals surface area contributed by atoms with Crippen LogP contribution in [-0.2, 0) is 4.79 Å². The minimum absolute atomic E-state index is 0.111. The molecule has 1 heterocycles. The average molecular weight is 358 g/mol. The van der Waals surface area contributed by atoms with Crippen molar-refractivity contribution in [3.05, 3.63) is 64.9 Å². The summed E-state index contributed by atoms with van der Waals surface area (Å²) in [7, 11) is 1.38. The lowest BCUT2D eigenvalue weighted by molar-refractivity contribution is -0.122. The molecule has 6 nitrogen and oxygen atoms in total. The van der Waals surface area contributed by atoms with Crippen molar-refractivity contribution in [2.75, 3.05) is 7.05 Å². The number of benzene rings is 2. The number of aromatic nitrogens is 2. The fraction of sp³-hybridized carbons (Fsp3) is 0.167. The summed E-state index contributed by atoms with van der Waals surface area (Å²) >= 11 is 0. The molecule has 8 heteroatoms. The quantitative estimate of drug-likeness (QED) is 0.669. The Hall–Kier alpha value is -3.29. The molecule has 3 rings (SSSR count). The highest BCUT2D eigenvalue weighted by atomic mass is 19.2. The van der Waals surface area contributed by atoms with Crippen LogP contribution in [-0.4, -0.2) is 29.1 Å². The van der Waals surface area contributed by atoms with Crippen LogP contribution < -0.4 is 10.6 Å². The first-order valence-corrected chi connectivity index (χ1v) is 7.83. The van der Waals surface area contributed by atoms with E-state index in [-0.39, 0.29) is 11.3 Å². The van der Waals surface area contributed by atoms with Crippen molar-refractivity contribution in [3.8, 4) is 0 Å². The largest absolute Gasteiger partial charge is 0.357 e. The van der Waals surface area contributed by atoms with Gasteiger partial charge < -0.3 is 10.6 Å². The third-order valence-electron chi connectivity index (χ3n) is 3.99. The van der Waals surface area contributed by atoms with E-state index in [0.29, 0.717) is 10.9 Å². The molecule has 1 unspecified atom stereocenters. The minimum Gasteiger partial charge on any atom is -0.357 e. The first-order valence-electron chi connectivity index (χ1n) is 7.83. The van der Waals surface area contributed by atoms with Gasteiger partial charge in [-0.1, -0.05) is 17.7 Å². The molecule has 0 saturated carbocycles. The van der Waals surface area contributed by atoms with Gasteiger partial charge in [-0.25, -0.2) is 8.78 Å². The first kappa shape index (κ1) is 17.5. The number of nitrogens with one attached hydrogen (secondary N) is 3. The molecular weight excluding hydrogens is 342 g/mol. The minimum atomic E-state index is -1.20. The van der Waals surface area contributed by atoms with Gasteiger partial charge >= 0.3 is 0 Å². The topological polar surface area (TPSA) is 86.9 Å². The van der Waals surface area contributed by atoms with Crippen LogP contribution in [0.15, 0.2) is 36.4 Å². The highest BCUT2D eigenvalue weighted by molar-refractivity contribution is 6.06. The Morgan fingerprint density at radius 2 is 1.88 bits per heavy atom. The zero-order valence-corrected chi connectivity index (χ0v) is 14.1. The average Bonchev–Trinajstić information content (AvgIpc) is 3.04. The maximum Gasteiger partial charge on any atom is 0.273 e. The number of halogens is 2. The second kappa shape index (κ2) is 6.91. The van der Waals surface area contributed by atoms with Gasteiger partial charge in [0, 0.05) is 12.4 Å². The number of fused-ring (bicyclic) bond motifs is 1. The number of aromatic amines is 1. The van der Waals surface area contributed by atoms with E-state index >= 15 is 0 Å². The van der Waals surface area contributed by atoms with Crippen LogP contribution in [0.4, 0.5) is 8.78 Å². The Morgan fingerprint density at radius 3 is 2.58 bits per heavy atom. The van der Waals surface area contributed by atoms with Crippen LogP contribution in [0.3, 0.4) is 0 Å². The number of carbonyl (C=O) groups is 2. The molecule has 26 heavy (non-hydrogen) atoms. The Kier molecular flexibility index (Phi) is 4.66. The van der Waals surface area contributed by atoms with Gasteiger partial charge in [0.05, 0.1) is 5.52 Å². The van der Waals surface area contributed by atoms with Crippen molar-refractivity contribution in [2.24, 2.45) is 0 Å². The highest BCUT2D eigenvalue weighted by Gasteiger charge is 2.25. The molecule has 0 aliphatic rings. The van der Waals surface area contributed by atoms with Crippen molar-refractivity contribution in [1.29, 1.82) is 0 Å². The number of nitrogens with zero attached hydrogens (tertiary/aromatic N) is 1. The predicted molar refractivity (Wildman–Crippen MR) is 91.5 cm³/mol. The van der Waals surface area contributed by atoms with Crippen LogP contribution >= 0.6 is 0 Å². The monoisotopic (exact) mass is 358 g/mol. The smallest absolute Gasteiger partial charge is 0.273 e. The van der Waals surface area contributed by atoms with Crippen LogP contribution in [0.2, 0.25) is 0 Å². The number of aryl methyl sites for hydroxylation is 1. The fourth-order valence-electron chi connectivity index (χ4n) is 2.64. The van der Waals surface area contributed by atoms with Gasteiger partial charge in [-0.2, -0.15) is 5.10 Å². The molecule has 1 aromatic heterocycles. The first-order chi connectivity index (χ1) is 12.4. The lowest BCUT2D eigenvalue weighted by Gasteiger charge is -2.17. The molecule has 3 N–H and O–H groups in total. The molecule has 0 aliphatic carbocycles. The number of likely N-dealkylation sites (N-methyl/N-ethyl adjacent to an activating group) is 1. The van der Waals surface area contributed by atoms with Crippen molar-refractivity contribution in [2.45, 2.75) is 13.0 Å². The molecule has 0 spiro atoms. The van der Waals surface area contributed by atoms with Gasteiger partial charge in [0.2, 0.25) is 5.91 Å². The zero-order valence-electron chi connectivity index (χ0n) is 14.1. The molecule has 1 atom stereocenters. The SMILES string of the molecule is CNC(=O)C(NC(=O)c1n[nH]c2ccc(C)cc12)c1ccc(F)c(F)c1. The molecule has 3 aromatic rings. The summed E-state index contributed by atoms with van der Waals surface area (Å²) < 4.78 is 26.7. The molecule has 2 aromatic carbocycles. The molecule has 0 saturated heterocycles. The van der Waals surface area contributed by atoms with Gasteiger partial charge in [-0.15, -0.1) is 0 Å². The molecule has 0 radical (unpaired) electrons. The summed E-state index contributed by atoms with van der Waals surface area (Å²) in [4.78, 5) is 24.8. The summed E-state index contributed by atoms with van der Waals surface area (Å²) in [6.45, 7) is 1.88. The second-order valence-corrected chi connectivity index (χ2v) is 5.82. The van der Waals surface area contributed by atoms with Crippen LogP contribution in [0.25, 0.3) is 10.9 Å². The molecule has 0 fully saturated rings. The van der Waals surface area contributed by atoms with Gasteiger partial charge in [0.25, 0.3) is 5.91 Å². The third kappa shape index (κ3) is 3.26. The maximum atomic E-state index is 13.5. The van der Waals surface area contributed by atoms with Crippen molar-refractivity contribution in [1.82, 2.24) is 20.8 Å². The number of amides is 2. The van der Waals surface area contributed by atoms with Crippen molar-refractivity contribution >= 4 is 22.7 Å². The number of rotatable bonds is 4. The van der Waals surface area contributed by atoms with E-state index in [1.165, 1.54) is 13.1 Å². The van der Waals surface area contributed by atoms with Gasteiger partial charge in [0.1, 0.15) is 6.04 Å². The standard InChI is InChI=1S/C18H16F2N4O2/c1-9-3-6-14-11(7-9)16(24-23-14)18(26)22-15(17(25)21-2)10-4-5-12(19)13(20)8-10/h3-8,15H,1-2H3,(H,21,25)(H,22,26)(H,23,24). The molecule has 134 valence electrons. The Bertz CT molecular complexity index is 1000. The van der Waals surface area contributed by atoms with E-state index in [4.69, 9.17) is 0 Å². The third-order valence-corrected chi connectivity index (χ3v) is 3.99. The van der Waals surface area contributed by atoms with Crippen molar-refractivity contribution < 1.29 is 18.4 Å². The number of carbonyl (C=O) groups excluding carboxylic acids is 2. The number of H-pyrrole nitrogens is 1. The fourth-order valence-corrected chi connectivity index (χ4v) is 2.64. The molecule has 0 bridgehead atoms. The van der Waals surface area contributed by atoms with E-state index in [1.807, 2.05) is 13.0 Å². The highest BCUT2D eigenvalue weighted by Crippen LogP contribution is 2.20. The van der Waals surface area contributed by atoms with Gasteiger partial charge in [-0.3, -0.25) is 14.7 Å². The maximum absolute atomic E-state index is 13.5. The van der Waals surface area contributed by atoms with Crippen molar-refractivity contribution in [3.63, 3.8) is 0 Å². The predicted octanol–water partition coefficient (Wildman–Crippen LogP) is 2.37. The number of hydrogen-bond acceptors (Lipinski definition) is 3. The summed E-state index contributed by atoms with van der Waals surface area (Å²) in [5.74, 6) is -3.32.